The SMILES string of the molecule is CCCCC(Cl)Oc1ccc(C(=O)O)cc1. The summed E-state index contributed by atoms with van der Waals surface area (Å²) in [6.45, 7) is 2.09. The molecule has 0 aliphatic rings. The van der Waals surface area contributed by atoms with Crippen LogP contribution < -0.4 is 4.74 Å². The summed E-state index contributed by atoms with van der Waals surface area (Å²) in [5.41, 5.74) is -0.109. The lowest BCUT2D eigenvalue weighted by Crippen LogP contribution is -2.08. The quantitative estimate of drug-likeness (QED) is 0.777. The number of unbranched alkanes of at least 4 members (excludes halogenated alkanes) is 1. The van der Waals surface area contributed by atoms with E-state index in [0.717, 1.165) is 19.3 Å². The summed E-state index contributed by atoms with van der Waals surface area (Å²) in [6.07, 6.45) is 2.88. The molecule has 1 aromatic rings. The van der Waals surface area contributed by atoms with Gasteiger partial charge in [0.2, 0.25) is 0 Å². The van der Waals surface area contributed by atoms with Crippen molar-refractivity contribution in [3.8, 4) is 5.75 Å². The van der Waals surface area contributed by atoms with E-state index in [0.29, 0.717) is 5.75 Å². The number of rotatable bonds is 6. The van der Waals surface area contributed by atoms with Gasteiger partial charge in [-0.2, -0.15) is 0 Å². The molecule has 1 aromatic carbocycles. The Morgan fingerprint density at radius 1 is 1.44 bits per heavy atom. The third kappa shape index (κ3) is 4.11. The summed E-state index contributed by atoms with van der Waals surface area (Å²) in [6, 6.07) is 6.23. The predicted molar refractivity (Wildman–Crippen MR) is 63.2 cm³/mol. The predicted octanol–water partition coefficient (Wildman–Crippen LogP) is 3.52. The first-order chi connectivity index (χ1) is 7.63. The Kier molecular flexibility index (Phi) is 5.12. The number of hydrogen-bond acceptors (Lipinski definition) is 2. The molecule has 0 aliphatic carbocycles. The molecular formula is C12H15ClO3. The monoisotopic (exact) mass is 242 g/mol. The van der Waals surface area contributed by atoms with Crippen molar-refractivity contribution < 1.29 is 14.6 Å². The van der Waals surface area contributed by atoms with E-state index in [4.69, 9.17) is 21.4 Å². The lowest BCUT2D eigenvalue weighted by molar-refractivity contribution is 0.0697. The van der Waals surface area contributed by atoms with Crippen molar-refractivity contribution in [3.05, 3.63) is 29.8 Å². The van der Waals surface area contributed by atoms with Crippen molar-refractivity contribution in [3.63, 3.8) is 0 Å². The minimum atomic E-state index is -0.944. The van der Waals surface area contributed by atoms with Crippen LogP contribution in [0.1, 0.15) is 36.5 Å². The minimum absolute atomic E-state index is 0.243. The molecular weight excluding hydrogens is 228 g/mol. The molecule has 1 rings (SSSR count). The van der Waals surface area contributed by atoms with Gasteiger partial charge in [-0.15, -0.1) is 0 Å². The topological polar surface area (TPSA) is 46.5 Å². The number of hydrogen-bond donors (Lipinski definition) is 1. The van der Waals surface area contributed by atoms with E-state index in [1.165, 1.54) is 12.1 Å². The summed E-state index contributed by atoms with van der Waals surface area (Å²) in [5, 5.41) is 8.71. The van der Waals surface area contributed by atoms with Crippen LogP contribution >= 0.6 is 11.6 Å². The number of halogens is 1. The van der Waals surface area contributed by atoms with E-state index in [-0.39, 0.29) is 11.1 Å². The van der Waals surface area contributed by atoms with E-state index in [1.807, 2.05) is 0 Å². The molecule has 0 spiro atoms. The van der Waals surface area contributed by atoms with Crippen LogP contribution in [0, 0.1) is 0 Å². The number of benzene rings is 1. The maximum atomic E-state index is 10.6. The van der Waals surface area contributed by atoms with Crippen LogP contribution in [0.25, 0.3) is 0 Å². The van der Waals surface area contributed by atoms with Crippen molar-refractivity contribution in [2.75, 3.05) is 0 Å². The van der Waals surface area contributed by atoms with E-state index in [9.17, 15) is 4.79 Å². The highest BCUT2D eigenvalue weighted by atomic mass is 35.5. The molecule has 88 valence electrons. The molecule has 0 amide bonds. The highest BCUT2D eigenvalue weighted by Crippen LogP contribution is 2.17. The summed E-state index contributed by atoms with van der Waals surface area (Å²) < 4.78 is 5.42. The second kappa shape index (κ2) is 6.38. The van der Waals surface area contributed by atoms with Gasteiger partial charge in [-0.3, -0.25) is 0 Å². The highest BCUT2D eigenvalue weighted by Gasteiger charge is 2.07. The lowest BCUT2D eigenvalue weighted by Gasteiger charge is -2.12. The van der Waals surface area contributed by atoms with Crippen molar-refractivity contribution in [1.29, 1.82) is 0 Å². The molecule has 0 bridgehead atoms. The third-order valence-corrected chi connectivity index (χ3v) is 2.46. The van der Waals surface area contributed by atoms with Gasteiger partial charge in [-0.05, 0) is 37.1 Å². The standard InChI is InChI=1S/C12H15ClO3/c1-2-3-4-11(13)16-10-7-5-9(6-8-10)12(14)15/h5-8,11H,2-4H2,1H3,(H,14,15). The zero-order valence-electron chi connectivity index (χ0n) is 9.15. The number of carboxylic acids is 1. The average Bonchev–Trinajstić information content (AvgIpc) is 2.27. The zero-order valence-corrected chi connectivity index (χ0v) is 9.91. The normalized spacial score (nSPS) is 12.1. The number of ether oxygens (including phenoxy) is 1. The molecule has 0 saturated heterocycles. The van der Waals surface area contributed by atoms with Crippen LogP contribution in [-0.4, -0.2) is 16.6 Å². The first-order valence-corrected chi connectivity index (χ1v) is 5.71. The number of carbonyl (C=O) groups is 1. The molecule has 1 atom stereocenters. The lowest BCUT2D eigenvalue weighted by atomic mass is 10.2. The van der Waals surface area contributed by atoms with E-state index in [2.05, 4.69) is 6.92 Å². The Morgan fingerprint density at radius 2 is 2.06 bits per heavy atom. The number of aromatic carboxylic acids is 1. The smallest absolute Gasteiger partial charge is 0.335 e. The fourth-order valence-electron chi connectivity index (χ4n) is 1.25. The van der Waals surface area contributed by atoms with Gasteiger partial charge in [-0.25, -0.2) is 4.79 Å². The van der Waals surface area contributed by atoms with E-state index in [1.54, 1.807) is 12.1 Å². The Balaban J connectivity index is 2.51. The van der Waals surface area contributed by atoms with E-state index < -0.39 is 5.97 Å². The highest BCUT2D eigenvalue weighted by molar-refractivity contribution is 6.19. The summed E-state index contributed by atoms with van der Waals surface area (Å²) >= 11 is 5.96. The van der Waals surface area contributed by atoms with Gasteiger partial charge in [0.25, 0.3) is 0 Å². The average molecular weight is 243 g/mol. The zero-order chi connectivity index (χ0) is 12.0. The molecule has 0 heterocycles. The van der Waals surface area contributed by atoms with Crippen LogP contribution in [0.4, 0.5) is 0 Å². The van der Waals surface area contributed by atoms with Crippen molar-refractivity contribution in [2.24, 2.45) is 0 Å². The first kappa shape index (κ1) is 12.8. The second-order valence-corrected chi connectivity index (χ2v) is 3.99. The number of carboxylic acid groups (broad SMARTS) is 1. The molecule has 0 saturated carbocycles. The van der Waals surface area contributed by atoms with Crippen LogP contribution in [0.5, 0.6) is 5.75 Å². The van der Waals surface area contributed by atoms with Crippen LogP contribution in [0.3, 0.4) is 0 Å². The van der Waals surface area contributed by atoms with Crippen molar-refractivity contribution >= 4 is 17.6 Å². The molecule has 0 fully saturated rings. The molecule has 1 N–H and O–H groups in total. The van der Waals surface area contributed by atoms with Gasteiger partial charge in [0.15, 0.2) is 5.56 Å². The molecule has 3 nitrogen and oxygen atoms in total. The molecule has 0 radical (unpaired) electrons. The van der Waals surface area contributed by atoms with Gasteiger partial charge in [0.05, 0.1) is 5.56 Å². The Labute approximate surface area is 100.0 Å². The van der Waals surface area contributed by atoms with Gasteiger partial charge >= 0.3 is 5.97 Å². The first-order valence-electron chi connectivity index (χ1n) is 5.27. The second-order valence-electron chi connectivity index (χ2n) is 3.50. The van der Waals surface area contributed by atoms with Gasteiger partial charge in [0, 0.05) is 0 Å². The fraction of sp³-hybridized carbons (Fsp3) is 0.417. The largest absolute Gasteiger partial charge is 0.478 e. The van der Waals surface area contributed by atoms with Gasteiger partial charge in [-0.1, -0.05) is 24.9 Å². The van der Waals surface area contributed by atoms with Gasteiger partial charge in [0.1, 0.15) is 5.75 Å². The van der Waals surface area contributed by atoms with Crippen molar-refractivity contribution in [1.82, 2.24) is 0 Å². The Bertz CT molecular complexity index is 335. The molecule has 1 unspecified atom stereocenters. The van der Waals surface area contributed by atoms with Crippen LogP contribution in [-0.2, 0) is 0 Å². The minimum Gasteiger partial charge on any atom is -0.478 e. The van der Waals surface area contributed by atoms with Gasteiger partial charge < -0.3 is 9.84 Å². The Hall–Kier alpha value is -1.22. The fourth-order valence-corrected chi connectivity index (χ4v) is 1.50. The molecule has 4 heteroatoms. The Morgan fingerprint density at radius 3 is 2.56 bits per heavy atom. The van der Waals surface area contributed by atoms with E-state index >= 15 is 0 Å². The summed E-state index contributed by atoms with van der Waals surface area (Å²) in [4.78, 5) is 10.6. The maximum Gasteiger partial charge on any atom is 0.335 e. The maximum absolute atomic E-state index is 10.6. The molecule has 0 aliphatic heterocycles. The molecule has 16 heavy (non-hydrogen) atoms. The third-order valence-electron chi connectivity index (χ3n) is 2.15. The molecule has 0 aromatic heterocycles. The summed E-state index contributed by atoms with van der Waals surface area (Å²) in [7, 11) is 0. The number of alkyl halides is 1. The van der Waals surface area contributed by atoms with Crippen LogP contribution in [0.15, 0.2) is 24.3 Å². The summed E-state index contributed by atoms with van der Waals surface area (Å²) in [5.74, 6) is -0.346. The van der Waals surface area contributed by atoms with Crippen LogP contribution in [0.2, 0.25) is 0 Å². The van der Waals surface area contributed by atoms with Crippen molar-refractivity contribution in [2.45, 2.75) is 31.7 Å².